The minimum Gasteiger partial charge on any atom is -0.383 e. The highest BCUT2D eigenvalue weighted by molar-refractivity contribution is 7.93. The number of hydrogen-bond acceptors (Lipinski definition) is 6. The zero-order chi connectivity index (χ0) is 21.9. The van der Waals surface area contributed by atoms with Gasteiger partial charge < -0.3 is 10.4 Å². The summed E-state index contributed by atoms with van der Waals surface area (Å²) in [7, 11) is -3.48. The molecule has 10 heteroatoms. The molecule has 0 radical (unpaired) electrons. The number of aromatic nitrogens is 2. The van der Waals surface area contributed by atoms with E-state index < -0.39 is 21.5 Å². The molecule has 0 bridgehead atoms. The Bertz CT molecular complexity index is 1150. The van der Waals surface area contributed by atoms with Gasteiger partial charge in [0.1, 0.15) is 14.8 Å². The Morgan fingerprint density at radius 3 is 2.70 bits per heavy atom. The van der Waals surface area contributed by atoms with Crippen LogP contribution >= 0.6 is 11.3 Å². The molecule has 30 heavy (non-hydrogen) atoms. The molecule has 2 aromatic heterocycles. The van der Waals surface area contributed by atoms with Crippen LogP contribution in [0.1, 0.15) is 61.6 Å². The maximum atomic E-state index is 12.9. The number of nitrogens with zero attached hydrogens (tertiary/aromatic N) is 3. The summed E-state index contributed by atoms with van der Waals surface area (Å²) in [6.07, 6.45) is 5.75. The third-order valence-electron chi connectivity index (χ3n) is 5.46. The Balaban J connectivity index is 1.67. The van der Waals surface area contributed by atoms with Gasteiger partial charge in [-0.05, 0) is 62.5 Å². The number of fused-ring (bicyclic) bond motifs is 2. The van der Waals surface area contributed by atoms with Crippen LogP contribution in [-0.2, 0) is 41.2 Å². The Kier molecular flexibility index (Phi) is 5.04. The Hall–Kier alpha value is -1.88. The van der Waals surface area contributed by atoms with E-state index in [0.29, 0.717) is 5.01 Å². The average Bonchev–Trinajstić information content (AvgIpc) is 3.30. The number of anilines is 1. The number of amides is 2. The summed E-state index contributed by atoms with van der Waals surface area (Å²) in [5.41, 5.74) is 3.83. The zero-order valence-electron chi connectivity index (χ0n) is 17.6. The number of hydrogen-bond donors (Lipinski definition) is 3. The Morgan fingerprint density at radius 2 is 2.03 bits per heavy atom. The summed E-state index contributed by atoms with van der Waals surface area (Å²) in [5.74, 6) is 0. The summed E-state index contributed by atoms with van der Waals surface area (Å²) in [5, 5.41) is 19.2. The van der Waals surface area contributed by atoms with Gasteiger partial charge in [0.05, 0.1) is 11.9 Å². The minimum atomic E-state index is -3.48. The largest absolute Gasteiger partial charge is 0.383 e. The van der Waals surface area contributed by atoms with Crippen molar-refractivity contribution in [3.63, 3.8) is 0 Å². The van der Waals surface area contributed by atoms with Crippen LogP contribution < -0.4 is 10.5 Å². The monoisotopic (exact) mass is 449 g/mol. The summed E-state index contributed by atoms with van der Waals surface area (Å²) < 4.78 is 16.9. The molecule has 0 spiro atoms. The fourth-order valence-electron chi connectivity index (χ4n) is 4.13. The fraction of sp³-hybridized carbons (Fsp3) is 0.550. The lowest BCUT2D eigenvalue weighted by Gasteiger charge is -2.16. The number of nitrogens with one attached hydrogen (secondary N) is 1. The summed E-state index contributed by atoms with van der Waals surface area (Å²) >= 11 is 0.990. The number of pyridine rings is 1. The van der Waals surface area contributed by atoms with E-state index in [-0.39, 0.29) is 9.62 Å². The molecule has 4 rings (SSSR count). The maximum Gasteiger partial charge on any atom is 0.354 e. The predicted molar refractivity (Wildman–Crippen MR) is 117 cm³/mol. The second-order valence-electron chi connectivity index (χ2n) is 9.34. The van der Waals surface area contributed by atoms with Gasteiger partial charge >= 0.3 is 6.03 Å². The van der Waals surface area contributed by atoms with Crippen molar-refractivity contribution in [3.05, 3.63) is 33.7 Å². The number of nitrogens with two attached hydrogens (primary N) is 1. The highest BCUT2D eigenvalue weighted by Crippen LogP contribution is 2.43. The van der Waals surface area contributed by atoms with Crippen LogP contribution in [-0.4, -0.2) is 25.3 Å². The smallest absolute Gasteiger partial charge is 0.354 e. The number of aryl methyl sites for hydroxylation is 1. The predicted octanol–water partition coefficient (Wildman–Crippen LogP) is 3.31. The average molecular weight is 450 g/mol. The standard InChI is InChI=1S/C20H27N5O3S2/c1-19(2)8-12-14(9-19)23-13-7-5-6-11(13)16(12)24-18(26)25-30(21,28)15-10-22-17(29-15)20(3,4)27/h10,27H,5-9H2,1-4H3,(H3,21,23,24,25,26,28)/t30-/m0/s1. The molecule has 2 aliphatic carbocycles. The summed E-state index contributed by atoms with van der Waals surface area (Å²) in [6, 6.07) is -0.743. The maximum absolute atomic E-state index is 12.9. The molecule has 4 N–H and O–H groups in total. The van der Waals surface area contributed by atoms with Crippen LogP contribution in [0.4, 0.5) is 10.5 Å². The van der Waals surface area contributed by atoms with E-state index in [1.807, 2.05) is 0 Å². The van der Waals surface area contributed by atoms with Gasteiger partial charge in [-0.15, -0.1) is 15.7 Å². The first-order valence-corrected chi connectivity index (χ1v) is 12.3. The number of urea groups is 1. The normalized spacial score (nSPS) is 19.1. The molecule has 2 heterocycles. The van der Waals surface area contributed by atoms with Crippen molar-refractivity contribution in [1.82, 2.24) is 9.97 Å². The van der Waals surface area contributed by atoms with Crippen LogP contribution in [0.3, 0.4) is 0 Å². The molecule has 1 atom stereocenters. The van der Waals surface area contributed by atoms with Crippen molar-refractivity contribution >= 4 is 33.0 Å². The van der Waals surface area contributed by atoms with Gasteiger partial charge in [-0.2, -0.15) is 0 Å². The van der Waals surface area contributed by atoms with Crippen LogP contribution in [0, 0.1) is 5.41 Å². The highest BCUT2D eigenvalue weighted by Gasteiger charge is 2.35. The molecule has 0 fully saturated rings. The number of carbonyl (C=O) groups is 1. The van der Waals surface area contributed by atoms with Crippen LogP contribution in [0.25, 0.3) is 0 Å². The van der Waals surface area contributed by atoms with E-state index in [1.165, 1.54) is 6.20 Å². The van der Waals surface area contributed by atoms with Crippen molar-refractivity contribution in [2.24, 2.45) is 14.9 Å². The van der Waals surface area contributed by atoms with Crippen molar-refractivity contribution < 1.29 is 14.1 Å². The zero-order valence-corrected chi connectivity index (χ0v) is 19.2. The first kappa shape index (κ1) is 21.4. The van der Waals surface area contributed by atoms with Gasteiger partial charge in [0, 0.05) is 11.4 Å². The molecule has 2 amide bonds. The number of thiazole rings is 1. The number of rotatable bonds is 3. The fourth-order valence-corrected chi connectivity index (χ4v) is 6.20. The Labute approximate surface area is 180 Å². The van der Waals surface area contributed by atoms with Crippen molar-refractivity contribution in [2.45, 2.75) is 69.6 Å². The summed E-state index contributed by atoms with van der Waals surface area (Å²) in [4.78, 5) is 21.7. The van der Waals surface area contributed by atoms with E-state index in [1.54, 1.807) is 13.8 Å². The molecular formula is C20H27N5O3S2. The second kappa shape index (κ2) is 7.08. The van der Waals surface area contributed by atoms with Gasteiger partial charge in [0.25, 0.3) is 0 Å². The first-order chi connectivity index (χ1) is 13.9. The third kappa shape index (κ3) is 4.01. The van der Waals surface area contributed by atoms with Gasteiger partial charge in [0.2, 0.25) is 0 Å². The minimum absolute atomic E-state index is 0.0819. The molecule has 0 aromatic carbocycles. The van der Waals surface area contributed by atoms with Gasteiger partial charge in [-0.3, -0.25) is 4.98 Å². The van der Waals surface area contributed by atoms with Crippen molar-refractivity contribution in [1.29, 1.82) is 0 Å². The number of carbonyl (C=O) groups excluding carboxylic acids is 1. The molecule has 2 aromatic rings. The van der Waals surface area contributed by atoms with Gasteiger partial charge in [-0.25, -0.2) is 19.1 Å². The van der Waals surface area contributed by atoms with E-state index in [2.05, 4.69) is 28.5 Å². The lowest BCUT2D eigenvalue weighted by atomic mass is 9.90. The summed E-state index contributed by atoms with van der Waals surface area (Å²) in [6.45, 7) is 7.52. The van der Waals surface area contributed by atoms with E-state index >= 15 is 0 Å². The lowest BCUT2D eigenvalue weighted by molar-refractivity contribution is 0.0783. The molecular weight excluding hydrogens is 422 g/mol. The third-order valence-corrected chi connectivity index (χ3v) is 8.65. The Morgan fingerprint density at radius 1 is 1.30 bits per heavy atom. The molecule has 0 aliphatic heterocycles. The SMILES string of the molecule is CC1(C)Cc2nc3c(c(NC(=O)N=[S@](N)(=O)c4cnc(C(C)(C)O)s4)c2C1)CCC3. The van der Waals surface area contributed by atoms with Crippen LogP contribution in [0.2, 0.25) is 0 Å². The topological polar surface area (TPSA) is 131 Å². The van der Waals surface area contributed by atoms with E-state index in [9.17, 15) is 14.1 Å². The molecule has 2 aliphatic rings. The molecule has 0 saturated heterocycles. The number of aliphatic hydroxyl groups is 1. The van der Waals surface area contributed by atoms with Gasteiger partial charge in [0.15, 0.2) is 9.92 Å². The molecule has 8 nitrogen and oxygen atoms in total. The molecule has 162 valence electrons. The lowest BCUT2D eigenvalue weighted by Crippen LogP contribution is -2.18. The first-order valence-electron chi connectivity index (χ1n) is 9.94. The van der Waals surface area contributed by atoms with E-state index in [4.69, 9.17) is 10.1 Å². The molecule has 0 unspecified atom stereocenters. The molecule has 0 saturated carbocycles. The van der Waals surface area contributed by atoms with Crippen LogP contribution in [0.15, 0.2) is 14.8 Å². The highest BCUT2D eigenvalue weighted by atomic mass is 32.2. The van der Waals surface area contributed by atoms with Crippen molar-refractivity contribution in [3.8, 4) is 0 Å². The van der Waals surface area contributed by atoms with Gasteiger partial charge in [-0.1, -0.05) is 13.8 Å². The van der Waals surface area contributed by atoms with Crippen molar-refractivity contribution in [2.75, 3.05) is 5.32 Å². The van der Waals surface area contributed by atoms with Crippen LogP contribution in [0.5, 0.6) is 0 Å². The van der Waals surface area contributed by atoms with E-state index in [0.717, 1.165) is 71.6 Å². The quantitative estimate of drug-likeness (QED) is 0.662. The second-order valence-corrected chi connectivity index (χ2v) is 12.4.